The third-order valence-corrected chi connectivity index (χ3v) is 7.78. The molecule has 6 heteroatoms. The van der Waals surface area contributed by atoms with E-state index in [0.29, 0.717) is 24.3 Å². The number of aromatic nitrogens is 1. The maximum Gasteiger partial charge on any atom is 0.259 e. The van der Waals surface area contributed by atoms with Crippen molar-refractivity contribution in [2.45, 2.75) is 38.8 Å². The predicted octanol–water partition coefficient (Wildman–Crippen LogP) is 3.72. The smallest absolute Gasteiger partial charge is 0.259 e. The van der Waals surface area contributed by atoms with Gasteiger partial charge in [0.1, 0.15) is 11.3 Å². The lowest BCUT2D eigenvalue weighted by Gasteiger charge is -2.21. The van der Waals surface area contributed by atoms with Crippen LogP contribution in [0.3, 0.4) is 0 Å². The van der Waals surface area contributed by atoms with Crippen molar-refractivity contribution in [2.24, 2.45) is 0 Å². The van der Waals surface area contributed by atoms with Gasteiger partial charge in [-0.2, -0.15) is 0 Å². The van der Waals surface area contributed by atoms with E-state index in [1.54, 1.807) is 11.7 Å². The number of rotatable bonds is 4. The van der Waals surface area contributed by atoms with Gasteiger partial charge < -0.3 is 14.2 Å². The van der Waals surface area contributed by atoms with Crippen molar-refractivity contribution in [2.75, 3.05) is 33.3 Å². The first-order chi connectivity index (χ1) is 17.1. The summed E-state index contributed by atoms with van der Waals surface area (Å²) in [5.74, 6) is 0.402. The van der Waals surface area contributed by atoms with Crippen molar-refractivity contribution in [3.8, 4) is 16.9 Å². The van der Waals surface area contributed by atoms with Crippen LogP contribution in [0.4, 0.5) is 0 Å². The maximum atomic E-state index is 13.4. The molecule has 3 aromatic rings. The summed E-state index contributed by atoms with van der Waals surface area (Å²) in [6.07, 6.45) is 3.70. The van der Waals surface area contributed by atoms with E-state index >= 15 is 0 Å². The van der Waals surface area contributed by atoms with Crippen LogP contribution in [0.5, 0.6) is 5.75 Å². The zero-order valence-corrected chi connectivity index (χ0v) is 20.3. The van der Waals surface area contributed by atoms with Crippen LogP contribution in [0.15, 0.2) is 53.3 Å². The average Bonchev–Trinajstić information content (AvgIpc) is 3.48. The number of benzene rings is 2. The van der Waals surface area contributed by atoms with E-state index in [2.05, 4.69) is 47.4 Å². The van der Waals surface area contributed by atoms with Gasteiger partial charge in [-0.05, 0) is 47.1 Å². The molecule has 2 aromatic carbocycles. The fraction of sp³-hybridized carbons (Fsp3) is 0.379. The monoisotopic (exact) mass is 469 g/mol. The van der Waals surface area contributed by atoms with E-state index in [1.807, 2.05) is 4.90 Å². The van der Waals surface area contributed by atoms with Gasteiger partial charge in [0.05, 0.1) is 7.11 Å². The second kappa shape index (κ2) is 9.00. The minimum Gasteiger partial charge on any atom is -0.496 e. The van der Waals surface area contributed by atoms with Gasteiger partial charge >= 0.3 is 0 Å². The molecule has 3 aliphatic rings. The first-order valence-corrected chi connectivity index (χ1v) is 12.6. The minimum absolute atomic E-state index is 0.00487. The molecule has 180 valence electrons. The molecule has 1 aliphatic carbocycles. The van der Waals surface area contributed by atoms with Crippen LogP contribution in [0.2, 0.25) is 0 Å². The van der Waals surface area contributed by atoms with E-state index in [1.165, 1.54) is 33.9 Å². The molecule has 0 atom stereocenters. The van der Waals surface area contributed by atoms with Crippen LogP contribution in [0.25, 0.3) is 11.1 Å². The van der Waals surface area contributed by atoms with Crippen molar-refractivity contribution in [3.05, 3.63) is 86.8 Å². The SMILES string of the molecule is COc1cc(=O)n2c(c1C(=O)N1CCCC1)CCN(Cc1ccc3c(c1)Cc1ccccc1-3)CC2. The number of fused-ring (bicyclic) bond motifs is 4. The zero-order valence-electron chi connectivity index (χ0n) is 20.3. The lowest BCUT2D eigenvalue weighted by Crippen LogP contribution is -2.33. The first-order valence-electron chi connectivity index (χ1n) is 12.6. The molecule has 1 fully saturated rings. The van der Waals surface area contributed by atoms with Gasteiger partial charge in [-0.1, -0.05) is 42.5 Å². The summed E-state index contributed by atoms with van der Waals surface area (Å²) in [6.45, 7) is 4.52. The normalized spacial score (nSPS) is 17.0. The summed E-state index contributed by atoms with van der Waals surface area (Å²) < 4.78 is 7.33. The van der Waals surface area contributed by atoms with Crippen LogP contribution in [-0.2, 0) is 25.9 Å². The van der Waals surface area contributed by atoms with Gasteiger partial charge in [-0.3, -0.25) is 14.5 Å². The molecule has 1 aromatic heterocycles. The zero-order chi connectivity index (χ0) is 23.9. The van der Waals surface area contributed by atoms with E-state index in [9.17, 15) is 9.59 Å². The predicted molar refractivity (Wildman–Crippen MR) is 136 cm³/mol. The molecule has 0 saturated carbocycles. The van der Waals surface area contributed by atoms with Crippen LogP contribution in [-0.4, -0.2) is 53.6 Å². The van der Waals surface area contributed by atoms with Gasteiger partial charge in [0, 0.05) is 57.4 Å². The highest BCUT2D eigenvalue weighted by molar-refractivity contribution is 5.98. The van der Waals surface area contributed by atoms with Gasteiger partial charge in [-0.15, -0.1) is 0 Å². The Morgan fingerprint density at radius 3 is 2.54 bits per heavy atom. The maximum absolute atomic E-state index is 13.4. The fourth-order valence-electron chi connectivity index (χ4n) is 5.98. The summed E-state index contributed by atoms with van der Waals surface area (Å²) in [4.78, 5) is 30.6. The number of amides is 1. The Morgan fingerprint density at radius 1 is 0.914 bits per heavy atom. The second-order valence-corrected chi connectivity index (χ2v) is 9.88. The summed E-state index contributed by atoms with van der Waals surface area (Å²) in [6, 6.07) is 17.0. The summed E-state index contributed by atoms with van der Waals surface area (Å²) in [7, 11) is 1.54. The van der Waals surface area contributed by atoms with Gasteiger partial charge in [0.2, 0.25) is 0 Å². The highest BCUT2D eigenvalue weighted by atomic mass is 16.5. The van der Waals surface area contributed by atoms with E-state index < -0.39 is 0 Å². The van der Waals surface area contributed by atoms with Crippen LogP contribution in [0.1, 0.15) is 45.6 Å². The number of methoxy groups -OCH3 is 1. The highest BCUT2D eigenvalue weighted by Gasteiger charge is 2.29. The van der Waals surface area contributed by atoms with Crippen LogP contribution < -0.4 is 10.3 Å². The third kappa shape index (κ3) is 3.96. The number of ether oxygens (including phenoxy) is 1. The van der Waals surface area contributed by atoms with Crippen molar-refractivity contribution in [1.29, 1.82) is 0 Å². The summed E-state index contributed by atoms with van der Waals surface area (Å²) in [5.41, 5.74) is 8.07. The number of pyridine rings is 1. The average molecular weight is 470 g/mol. The van der Waals surface area contributed by atoms with E-state index in [4.69, 9.17) is 4.74 Å². The Bertz CT molecular complexity index is 1350. The number of likely N-dealkylation sites (tertiary alicyclic amines) is 1. The third-order valence-electron chi connectivity index (χ3n) is 7.78. The highest BCUT2D eigenvalue weighted by Crippen LogP contribution is 2.37. The van der Waals surface area contributed by atoms with Crippen molar-refractivity contribution in [1.82, 2.24) is 14.4 Å². The van der Waals surface area contributed by atoms with Crippen molar-refractivity contribution in [3.63, 3.8) is 0 Å². The summed E-state index contributed by atoms with van der Waals surface area (Å²) in [5, 5.41) is 0. The number of nitrogens with zero attached hydrogens (tertiary/aromatic N) is 3. The van der Waals surface area contributed by atoms with Gasteiger partial charge in [0.15, 0.2) is 0 Å². The molecule has 2 aliphatic heterocycles. The summed E-state index contributed by atoms with van der Waals surface area (Å²) >= 11 is 0. The van der Waals surface area contributed by atoms with Gasteiger partial charge in [-0.25, -0.2) is 0 Å². The number of carbonyl (C=O) groups excluding carboxylic acids is 1. The molecule has 0 bridgehead atoms. The molecular weight excluding hydrogens is 438 g/mol. The first kappa shape index (κ1) is 22.1. The Balaban J connectivity index is 1.24. The minimum atomic E-state index is -0.0908. The Labute approximate surface area is 205 Å². The molecular formula is C29H31N3O3. The Kier molecular flexibility index (Phi) is 5.69. The molecule has 0 N–H and O–H groups in total. The molecule has 0 unspecified atom stereocenters. The van der Waals surface area contributed by atoms with Crippen LogP contribution in [0, 0.1) is 0 Å². The van der Waals surface area contributed by atoms with Gasteiger partial charge in [0.25, 0.3) is 11.5 Å². The van der Waals surface area contributed by atoms with Crippen molar-refractivity contribution >= 4 is 5.91 Å². The standard InChI is InChI=1S/C29H31N3O3/c1-35-26-18-27(33)32-15-14-30(13-10-25(32)28(26)29(34)31-11-4-5-12-31)19-20-8-9-24-22(16-20)17-21-6-2-3-7-23(21)24/h2-3,6-9,16,18H,4-5,10-15,17,19H2,1H3. The molecule has 3 heterocycles. The molecule has 35 heavy (non-hydrogen) atoms. The molecule has 6 nitrogen and oxygen atoms in total. The second-order valence-electron chi connectivity index (χ2n) is 9.88. The van der Waals surface area contributed by atoms with E-state index in [0.717, 1.165) is 57.7 Å². The molecule has 0 spiro atoms. The topological polar surface area (TPSA) is 54.8 Å². The van der Waals surface area contributed by atoms with Crippen LogP contribution >= 0.6 is 0 Å². The quantitative estimate of drug-likeness (QED) is 0.457. The number of carbonyl (C=O) groups is 1. The van der Waals surface area contributed by atoms with Crippen molar-refractivity contribution < 1.29 is 9.53 Å². The number of hydrogen-bond acceptors (Lipinski definition) is 4. The fourth-order valence-corrected chi connectivity index (χ4v) is 5.98. The lowest BCUT2D eigenvalue weighted by molar-refractivity contribution is 0.0787. The molecule has 1 amide bonds. The molecule has 0 radical (unpaired) electrons. The number of hydrogen-bond donors (Lipinski definition) is 0. The molecule has 6 rings (SSSR count). The van der Waals surface area contributed by atoms with E-state index in [-0.39, 0.29) is 11.5 Å². The molecule has 1 saturated heterocycles. The Morgan fingerprint density at radius 2 is 1.71 bits per heavy atom. The lowest BCUT2D eigenvalue weighted by atomic mass is 10.0. The largest absolute Gasteiger partial charge is 0.496 e. The Hall–Kier alpha value is -3.38.